The highest BCUT2D eigenvalue weighted by atomic mass is 16.3. The maximum atomic E-state index is 11.9. The molecule has 0 bridgehead atoms. The van der Waals surface area contributed by atoms with Gasteiger partial charge in [-0.1, -0.05) is 37.3 Å². The molecule has 19 heavy (non-hydrogen) atoms. The summed E-state index contributed by atoms with van der Waals surface area (Å²) >= 11 is 0. The van der Waals surface area contributed by atoms with Crippen molar-refractivity contribution in [2.75, 3.05) is 33.4 Å². The summed E-state index contributed by atoms with van der Waals surface area (Å²) in [5.74, 6) is 0.113. The first-order valence-electron chi connectivity index (χ1n) is 6.49. The Bertz CT molecular complexity index is 388. The van der Waals surface area contributed by atoms with E-state index in [2.05, 4.69) is 0 Å². The first kappa shape index (κ1) is 15.8. The Labute approximate surface area is 114 Å². The molecule has 0 amide bonds. The van der Waals surface area contributed by atoms with Crippen molar-refractivity contribution in [1.29, 1.82) is 0 Å². The van der Waals surface area contributed by atoms with E-state index in [1.54, 1.807) is 0 Å². The molecule has 2 N–H and O–H groups in total. The minimum absolute atomic E-state index is 0.0690. The van der Waals surface area contributed by atoms with Crippen LogP contribution in [0.15, 0.2) is 30.3 Å². The number of aliphatic hydroxyl groups excluding tert-OH is 2. The molecular formula is C15H23NO3. The van der Waals surface area contributed by atoms with Gasteiger partial charge in [-0.2, -0.15) is 0 Å². The van der Waals surface area contributed by atoms with E-state index in [1.165, 1.54) is 0 Å². The lowest BCUT2D eigenvalue weighted by molar-refractivity contribution is 0.0416. The van der Waals surface area contributed by atoms with Gasteiger partial charge < -0.3 is 15.1 Å². The molecule has 0 saturated heterocycles. The van der Waals surface area contributed by atoms with Crippen LogP contribution < -0.4 is 0 Å². The van der Waals surface area contributed by atoms with Crippen molar-refractivity contribution in [3.63, 3.8) is 0 Å². The third-order valence-corrected chi connectivity index (χ3v) is 3.23. The third-order valence-electron chi connectivity index (χ3n) is 3.23. The number of benzene rings is 1. The fraction of sp³-hybridized carbons (Fsp3) is 0.533. The second-order valence-corrected chi connectivity index (χ2v) is 5.40. The van der Waals surface area contributed by atoms with Crippen LogP contribution in [-0.4, -0.2) is 54.2 Å². The maximum Gasteiger partial charge on any atom is 0.164 e. The smallest absolute Gasteiger partial charge is 0.164 e. The van der Waals surface area contributed by atoms with Gasteiger partial charge in [-0.3, -0.25) is 4.79 Å². The van der Waals surface area contributed by atoms with Gasteiger partial charge in [0.05, 0.1) is 13.2 Å². The van der Waals surface area contributed by atoms with E-state index in [9.17, 15) is 15.0 Å². The van der Waals surface area contributed by atoms with Gasteiger partial charge in [0, 0.05) is 30.5 Å². The molecule has 0 fully saturated rings. The van der Waals surface area contributed by atoms with Crippen molar-refractivity contribution >= 4 is 5.78 Å². The van der Waals surface area contributed by atoms with Gasteiger partial charge in [-0.05, 0) is 7.05 Å². The van der Waals surface area contributed by atoms with Crippen LogP contribution in [-0.2, 0) is 0 Å². The van der Waals surface area contributed by atoms with Gasteiger partial charge in [-0.25, -0.2) is 0 Å². The number of aliphatic hydroxyl groups is 2. The molecule has 0 atom stereocenters. The number of nitrogens with zero attached hydrogens (tertiary/aromatic N) is 1. The highest BCUT2D eigenvalue weighted by Crippen LogP contribution is 2.15. The number of carbonyl (C=O) groups excluding carboxylic acids is 1. The summed E-state index contributed by atoms with van der Waals surface area (Å²) in [6.07, 6.45) is 0.438. The van der Waals surface area contributed by atoms with Gasteiger partial charge >= 0.3 is 0 Å². The van der Waals surface area contributed by atoms with Crippen LogP contribution in [0.2, 0.25) is 0 Å². The first-order chi connectivity index (χ1) is 9.00. The minimum Gasteiger partial charge on any atom is -0.396 e. The van der Waals surface area contributed by atoms with Crippen molar-refractivity contribution in [3.8, 4) is 0 Å². The van der Waals surface area contributed by atoms with E-state index in [1.807, 2.05) is 49.2 Å². The van der Waals surface area contributed by atoms with Crippen LogP contribution in [0.25, 0.3) is 0 Å². The van der Waals surface area contributed by atoms with Gasteiger partial charge in [0.25, 0.3) is 0 Å². The molecule has 1 rings (SSSR count). The zero-order chi connectivity index (χ0) is 14.3. The molecule has 0 heterocycles. The van der Waals surface area contributed by atoms with Crippen molar-refractivity contribution in [1.82, 2.24) is 4.90 Å². The first-order valence-corrected chi connectivity index (χ1v) is 6.49. The number of carbonyl (C=O) groups is 1. The number of rotatable bonds is 8. The number of ketones is 1. The zero-order valence-corrected chi connectivity index (χ0v) is 11.7. The SMILES string of the molecule is CN(CCC(=O)c1ccccc1)CC(C)(CO)CO. The average Bonchev–Trinajstić information content (AvgIpc) is 2.45. The molecule has 0 aliphatic rings. The third kappa shape index (κ3) is 5.11. The average molecular weight is 265 g/mol. The van der Waals surface area contributed by atoms with Crippen LogP contribution in [0.4, 0.5) is 0 Å². The monoisotopic (exact) mass is 265 g/mol. The van der Waals surface area contributed by atoms with E-state index in [4.69, 9.17) is 0 Å². The lowest BCUT2D eigenvalue weighted by Gasteiger charge is -2.30. The topological polar surface area (TPSA) is 60.8 Å². The standard InChI is InChI=1S/C15H23NO3/c1-15(11-17,12-18)10-16(2)9-8-14(19)13-6-4-3-5-7-13/h3-7,17-18H,8-12H2,1-2H3. The second-order valence-electron chi connectivity index (χ2n) is 5.40. The summed E-state index contributed by atoms with van der Waals surface area (Å²) < 4.78 is 0. The van der Waals surface area contributed by atoms with Crippen molar-refractivity contribution in [3.05, 3.63) is 35.9 Å². The van der Waals surface area contributed by atoms with Crippen molar-refractivity contribution < 1.29 is 15.0 Å². The molecule has 4 nitrogen and oxygen atoms in total. The summed E-state index contributed by atoms with van der Waals surface area (Å²) in [6, 6.07) is 9.22. The van der Waals surface area contributed by atoms with Crippen molar-refractivity contribution in [2.45, 2.75) is 13.3 Å². The summed E-state index contributed by atoms with van der Waals surface area (Å²) in [4.78, 5) is 13.9. The van der Waals surface area contributed by atoms with Crippen LogP contribution in [0, 0.1) is 5.41 Å². The highest BCUT2D eigenvalue weighted by Gasteiger charge is 2.24. The summed E-state index contributed by atoms with van der Waals surface area (Å²) in [6.45, 7) is 2.86. The molecule has 0 spiro atoms. The molecule has 0 saturated carbocycles. The zero-order valence-electron chi connectivity index (χ0n) is 11.7. The lowest BCUT2D eigenvalue weighted by atomic mass is 9.92. The highest BCUT2D eigenvalue weighted by molar-refractivity contribution is 5.96. The summed E-state index contributed by atoms with van der Waals surface area (Å²) in [5, 5.41) is 18.5. The number of hydrogen-bond donors (Lipinski definition) is 2. The molecule has 1 aromatic rings. The van der Waals surface area contributed by atoms with E-state index in [0.29, 0.717) is 19.5 Å². The molecular weight excluding hydrogens is 242 g/mol. The van der Waals surface area contributed by atoms with Gasteiger partial charge in [0.2, 0.25) is 0 Å². The molecule has 0 unspecified atom stereocenters. The van der Waals surface area contributed by atoms with E-state index in [-0.39, 0.29) is 19.0 Å². The molecule has 4 heteroatoms. The Kier molecular flexibility index (Phi) is 6.15. The Hall–Kier alpha value is -1.23. The fourth-order valence-corrected chi connectivity index (χ4v) is 1.94. The van der Waals surface area contributed by atoms with Gasteiger partial charge in [0.15, 0.2) is 5.78 Å². The van der Waals surface area contributed by atoms with Crippen LogP contribution >= 0.6 is 0 Å². The number of Topliss-reactive ketones (excluding diaryl/α,β-unsaturated/α-hetero) is 1. The van der Waals surface area contributed by atoms with Gasteiger partial charge in [-0.15, -0.1) is 0 Å². The Morgan fingerprint density at radius 3 is 2.32 bits per heavy atom. The van der Waals surface area contributed by atoms with Crippen molar-refractivity contribution in [2.24, 2.45) is 5.41 Å². The summed E-state index contributed by atoms with van der Waals surface area (Å²) in [7, 11) is 1.89. The van der Waals surface area contributed by atoms with Crippen LogP contribution in [0.1, 0.15) is 23.7 Å². The molecule has 0 aliphatic carbocycles. The lowest BCUT2D eigenvalue weighted by Crippen LogP contribution is -2.39. The van der Waals surface area contributed by atoms with E-state index < -0.39 is 5.41 Å². The molecule has 1 aromatic carbocycles. The predicted molar refractivity (Wildman–Crippen MR) is 75.2 cm³/mol. The Balaban J connectivity index is 2.42. The largest absolute Gasteiger partial charge is 0.396 e. The van der Waals surface area contributed by atoms with Crippen LogP contribution in [0.5, 0.6) is 0 Å². The Morgan fingerprint density at radius 1 is 1.21 bits per heavy atom. The minimum atomic E-state index is -0.523. The summed E-state index contributed by atoms with van der Waals surface area (Å²) in [5.41, 5.74) is 0.202. The van der Waals surface area contributed by atoms with Gasteiger partial charge in [0.1, 0.15) is 0 Å². The fourth-order valence-electron chi connectivity index (χ4n) is 1.94. The second kappa shape index (κ2) is 7.38. The molecule has 0 aliphatic heterocycles. The molecule has 0 aromatic heterocycles. The van der Waals surface area contributed by atoms with Crippen LogP contribution in [0.3, 0.4) is 0 Å². The normalized spacial score (nSPS) is 11.8. The molecule has 106 valence electrons. The number of hydrogen-bond acceptors (Lipinski definition) is 4. The van der Waals surface area contributed by atoms with E-state index >= 15 is 0 Å². The quantitative estimate of drug-likeness (QED) is 0.693. The van der Waals surface area contributed by atoms with E-state index in [0.717, 1.165) is 5.56 Å². The molecule has 0 radical (unpaired) electrons. The predicted octanol–water partition coefficient (Wildman–Crippen LogP) is 1.18. The maximum absolute atomic E-state index is 11.9. The Morgan fingerprint density at radius 2 is 1.79 bits per heavy atom.